The second-order valence-electron chi connectivity index (χ2n) is 5.07. The first-order valence-electron chi connectivity index (χ1n) is 6.73. The standard InChI is InChI=1S/C15H22FNO/c1-11(16)15-13(6-3-7-14(15)18-2)9-12-5-4-8-17-10-12/h3,6-7,11-12,17H,4-5,8-10H2,1-2H3. The number of rotatable bonds is 4. The molecule has 1 N–H and O–H groups in total. The molecule has 0 aromatic heterocycles. The van der Waals surface area contributed by atoms with Crippen LogP contribution in [0.2, 0.25) is 0 Å². The van der Waals surface area contributed by atoms with Crippen LogP contribution < -0.4 is 10.1 Å². The highest BCUT2D eigenvalue weighted by molar-refractivity contribution is 5.42. The van der Waals surface area contributed by atoms with Gasteiger partial charge < -0.3 is 10.1 Å². The van der Waals surface area contributed by atoms with E-state index >= 15 is 0 Å². The van der Waals surface area contributed by atoms with Gasteiger partial charge in [-0.2, -0.15) is 0 Å². The Morgan fingerprint density at radius 1 is 1.50 bits per heavy atom. The van der Waals surface area contributed by atoms with Crippen molar-refractivity contribution in [2.24, 2.45) is 5.92 Å². The third-order valence-corrected chi connectivity index (χ3v) is 3.68. The average molecular weight is 251 g/mol. The maximum atomic E-state index is 13.8. The first kappa shape index (κ1) is 13.3. The summed E-state index contributed by atoms with van der Waals surface area (Å²) in [6, 6.07) is 5.83. The van der Waals surface area contributed by atoms with Crippen LogP contribution in [-0.2, 0) is 6.42 Å². The van der Waals surface area contributed by atoms with E-state index in [1.54, 1.807) is 14.0 Å². The fourth-order valence-corrected chi connectivity index (χ4v) is 2.81. The monoisotopic (exact) mass is 251 g/mol. The Hall–Kier alpha value is -1.09. The Labute approximate surface area is 109 Å². The summed E-state index contributed by atoms with van der Waals surface area (Å²) in [5, 5.41) is 3.41. The molecule has 0 saturated carbocycles. The van der Waals surface area contributed by atoms with Crippen LogP contribution in [0, 0.1) is 5.92 Å². The fraction of sp³-hybridized carbons (Fsp3) is 0.600. The van der Waals surface area contributed by atoms with Gasteiger partial charge in [0.2, 0.25) is 0 Å². The molecule has 2 rings (SSSR count). The van der Waals surface area contributed by atoms with Crippen LogP contribution in [0.4, 0.5) is 4.39 Å². The topological polar surface area (TPSA) is 21.3 Å². The lowest BCUT2D eigenvalue weighted by Crippen LogP contribution is -2.31. The highest BCUT2D eigenvalue weighted by Crippen LogP contribution is 2.32. The molecule has 0 amide bonds. The number of methoxy groups -OCH3 is 1. The maximum Gasteiger partial charge on any atom is 0.126 e. The summed E-state index contributed by atoms with van der Waals surface area (Å²) in [6.07, 6.45) is 2.40. The maximum absolute atomic E-state index is 13.8. The van der Waals surface area contributed by atoms with Gasteiger partial charge in [-0.1, -0.05) is 12.1 Å². The minimum Gasteiger partial charge on any atom is -0.496 e. The molecule has 3 heteroatoms. The Bertz CT molecular complexity index is 386. The molecule has 1 aliphatic heterocycles. The van der Waals surface area contributed by atoms with Crippen LogP contribution in [0.25, 0.3) is 0 Å². The summed E-state index contributed by atoms with van der Waals surface area (Å²) in [6.45, 7) is 3.73. The van der Waals surface area contributed by atoms with Crippen LogP contribution in [0.5, 0.6) is 5.75 Å². The van der Waals surface area contributed by atoms with E-state index in [2.05, 4.69) is 5.32 Å². The van der Waals surface area contributed by atoms with Gasteiger partial charge in [0.15, 0.2) is 0 Å². The van der Waals surface area contributed by atoms with Gasteiger partial charge in [-0.15, -0.1) is 0 Å². The van der Waals surface area contributed by atoms with E-state index in [1.165, 1.54) is 12.8 Å². The molecule has 18 heavy (non-hydrogen) atoms. The van der Waals surface area contributed by atoms with E-state index < -0.39 is 6.17 Å². The van der Waals surface area contributed by atoms with E-state index in [9.17, 15) is 4.39 Å². The molecule has 1 saturated heterocycles. The van der Waals surface area contributed by atoms with Gasteiger partial charge in [-0.05, 0) is 56.8 Å². The van der Waals surface area contributed by atoms with Gasteiger partial charge in [-0.25, -0.2) is 4.39 Å². The molecule has 0 aliphatic carbocycles. The fourth-order valence-electron chi connectivity index (χ4n) is 2.81. The van der Waals surface area contributed by atoms with E-state index in [4.69, 9.17) is 4.74 Å². The molecule has 1 fully saturated rings. The number of hydrogen-bond donors (Lipinski definition) is 1. The molecule has 0 radical (unpaired) electrons. The zero-order chi connectivity index (χ0) is 13.0. The second kappa shape index (κ2) is 6.19. The number of halogens is 1. The van der Waals surface area contributed by atoms with Crippen molar-refractivity contribution >= 4 is 0 Å². The lowest BCUT2D eigenvalue weighted by atomic mass is 9.89. The predicted octanol–water partition coefficient (Wildman–Crippen LogP) is 3.27. The zero-order valence-electron chi connectivity index (χ0n) is 11.2. The van der Waals surface area contributed by atoms with Crippen LogP contribution in [0.15, 0.2) is 18.2 Å². The molecule has 1 aromatic carbocycles. The minimum absolute atomic E-state index is 0.614. The van der Waals surface area contributed by atoms with Crippen molar-refractivity contribution in [1.82, 2.24) is 5.32 Å². The van der Waals surface area contributed by atoms with Crippen LogP contribution in [-0.4, -0.2) is 20.2 Å². The normalized spacial score (nSPS) is 21.6. The molecule has 2 unspecified atom stereocenters. The Balaban J connectivity index is 2.20. The molecule has 100 valence electrons. The van der Waals surface area contributed by atoms with Gasteiger partial charge in [0.25, 0.3) is 0 Å². The zero-order valence-corrected chi connectivity index (χ0v) is 11.2. The van der Waals surface area contributed by atoms with Crippen molar-refractivity contribution in [3.63, 3.8) is 0 Å². The predicted molar refractivity (Wildman–Crippen MR) is 71.8 cm³/mol. The lowest BCUT2D eigenvalue weighted by Gasteiger charge is -2.24. The quantitative estimate of drug-likeness (QED) is 0.886. The molecule has 2 nitrogen and oxygen atoms in total. The first-order valence-corrected chi connectivity index (χ1v) is 6.73. The largest absolute Gasteiger partial charge is 0.496 e. The highest BCUT2D eigenvalue weighted by atomic mass is 19.1. The van der Waals surface area contributed by atoms with E-state index in [0.717, 1.165) is 30.6 Å². The van der Waals surface area contributed by atoms with Gasteiger partial charge >= 0.3 is 0 Å². The molecule has 1 aromatic rings. The number of nitrogens with one attached hydrogen (secondary N) is 1. The van der Waals surface area contributed by atoms with Crippen molar-refractivity contribution in [2.45, 2.75) is 32.4 Å². The first-order chi connectivity index (χ1) is 8.72. The van der Waals surface area contributed by atoms with Crippen LogP contribution >= 0.6 is 0 Å². The molecule has 2 atom stereocenters. The van der Waals surface area contributed by atoms with E-state index in [1.807, 2.05) is 18.2 Å². The molecule has 1 heterocycles. The smallest absolute Gasteiger partial charge is 0.126 e. The van der Waals surface area contributed by atoms with Gasteiger partial charge in [0, 0.05) is 5.56 Å². The summed E-state index contributed by atoms with van der Waals surface area (Å²) in [5.41, 5.74) is 1.82. The summed E-state index contributed by atoms with van der Waals surface area (Å²) >= 11 is 0. The van der Waals surface area contributed by atoms with Crippen molar-refractivity contribution in [3.05, 3.63) is 29.3 Å². The molecular formula is C15H22FNO. The number of ether oxygens (including phenoxy) is 1. The number of hydrogen-bond acceptors (Lipinski definition) is 2. The van der Waals surface area contributed by atoms with Crippen molar-refractivity contribution in [3.8, 4) is 5.75 Å². The van der Waals surface area contributed by atoms with Crippen LogP contribution in [0.1, 0.15) is 37.1 Å². The van der Waals surface area contributed by atoms with Crippen molar-refractivity contribution in [2.75, 3.05) is 20.2 Å². The average Bonchev–Trinajstić information content (AvgIpc) is 2.39. The second-order valence-corrected chi connectivity index (χ2v) is 5.07. The molecule has 0 spiro atoms. The third-order valence-electron chi connectivity index (χ3n) is 3.68. The van der Waals surface area contributed by atoms with Gasteiger partial charge in [-0.3, -0.25) is 0 Å². The number of piperidine rings is 1. The Morgan fingerprint density at radius 2 is 2.33 bits per heavy atom. The third kappa shape index (κ3) is 3.02. The molecule has 0 bridgehead atoms. The Kier molecular flexibility index (Phi) is 4.59. The van der Waals surface area contributed by atoms with Gasteiger partial charge in [0.05, 0.1) is 7.11 Å². The summed E-state index contributed by atoms with van der Waals surface area (Å²) in [4.78, 5) is 0. The lowest BCUT2D eigenvalue weighted by molar-refractivity contribution is 0.336. The van der Waals surface area contributed by atoms with E-state index in [-0.39, 0.29) is 0 Å². The summed E-state index contributed by atoms with van der Waals surface area (Å²) in [7, 11) is 1.60. The SMILES string of the molecule is COc1cccc(CC2CCCNC2)c1C(C)F. The molecular weight excluding hydrogens is 229 g/mol. The summed E-state index contributed by atoms with van der Waals surface area (Å²) in [5.74, 6) is 1.29. The minimum atomic E-state index is -0.979. The van der Waals surface area contributed by atoms with Gasteiger partial charge in [0.1, 0.15) is 11.9 Å². The number of alkyl halides is 1. The summed E-state index contributed by atoms with van der Waals surface area (Å²) < 4.78 is 19.1. The van der Waals surface area contributed by atoms with Crippen molar-refractivity contribution < 1.29 is 9.13 Å². The Morgan fingerprint density at radius 3 is 2.94 bits per heavy atom. The van der Waals surface area contributed by atoms with E-state index in [0.29, 0.717) is 11.7 Å². The van der Waals surface area contributed by atoms with Crippen molar-refractivity contribution in [1.29, 1.82) is 0 Å². The number of benzene rings is 1. The highest BCUT2D eigenvalue weighted by Gasteiger charge is 2.19. The molecule has 1 aliphatic rings. The van der Waals surface area contributed by atoms with Crippen LogP contribution in [0.3, 0.4) is 0 Å².